The number of hydrogen-bond donors (Lipinski definition) is 1. The molecule has 1 aliphatic rings. The van der Waals surface area contributed by atoms with Crippen molar-refractivity contribution < 1.29 is 4.79 Å². The van der Waals surface area contributed by atoms with E-state index in [0.717, 1.165) is 48.2 Å². The number of nitrogens with zero attached hydrogens (tertiary/aromatic N) is 6. The van der Waals surface area contributed by atoms with Gasteiger partial charge in [0.05, 0.1) is 28.5 Å². The third-order valence-corrected chi connectivity index (χ3v) is 6.14. The average Bonchev–Trinajstić information content (AvgIpc) is 3.25. The van der Waals surface area contributed by atoms with Crippen LogP contribution in [0, 0.1) is 18.3 Å². The predicted octanol–water partition coefficient (Wildman–Crippen LogP) is 3.39. The SMILES string of the molecule is Cc1c(C(=O)NC2CCN(c3ccc(C#N)cc3)CC2)nnn1-c1cccc2cccnc12. The van der Waals surface area contributed by atoms with Crippen molar-refractivity contribution in [3.8, 4) is 11.8 Å². The van der Waals surface area contributed by atoms with E-state index in [2.05, 4.69) is 31.6 Å². The summed E-state index contributed by atoms with van der Waals surface area (Å²) in [4.78, 5) is 19.7. The molecular formula is C25H23N7O. The van der Waals surface area contributed by atoms with Crippen molar-refractivity contribution in [1.82, 2.24) is 25.3 Å². The van der Waals surface area contributed by atoms with Crippen LogP contribution < -0.4 is 10.2 Å². The first kappa shape index (κ1) is 20.6. The molecule has 0 aliphatic carbocycles. The Balaban J connectivity index is 1.27. The smallest absolute Gasteiger partial charge is 0.273 e. The minimum atomic E-state index is -0.205. The van der Waals surface area contributed by atoms with Crippen LogP contribution in [0.25, 0.3) is 16.6 Å². The molecule has 0 saturated carbocycles. The highest BCUT2D eigenvalue weighted by Crippen LogP contribution is 2.23. The summed E-state index contributed by atoms with van der Waals surface area (Å²) in [5.74, 6) is -0.205. The molecule has 1 aliphatic heterocycles. The van der Waals surface area contributed by atoms with Crippen molar-refractivity contribution in [3.63, 3.8) is 0 Å². The van der Waals surface area contributed by atoms with Gasteiger partial charge in [-0.1, -0.05) is 23.4 Å². The minimum Gasteiger partial charge on any atom is -0.371 e. The molecule has 1 fully saturated rings. The highest BCUT2D eigenvalue weighted by molar-refractivity contribution is 5.94. The first-order valence-electron chi connectivity index (χ1n) is 11.0. The predicted molar refractivity (Wildman–Crippen MR) is 125 cm³/mol. The van der Waals surface area contributed by atoms with E-state index >= 15 is 0 Å². The fraction of sp³-hybridized carbons (Fsp3) is 0.240. The van der Waals surface area contributed by atoms with E-state index in [1.807, 2.05) is 61.5 Å². The molecule has 8 heteroatoms. The fourth-order valence-electron chi connectivity index (χ4n) is 4.31. The number of benzene rings is 2. The van der Waals surface area contributed by atoms with Crippen LogP contribution in [0.5, 0.6) is 0 Å². The molecule has 2 aromatic heterocycles. The number of pyridine rings is 1. The number of amides is 1. The molecule has 1 N–H and O–H groups in total. The summed E-state index contributed by atoms with van der Waals surface area (Å²) in [6, 6.07) is 19.6. The molecule has 0 atom stereocenters. The van der Waals surface area contributed by atoms with Gasteiger partial charge in [0.1, 0.15) is 0 Å². The number of piperidine rings is 1. The van der Waals surface area contributed by atoms with Crippen LogP contribution in [0.2, 0.25) is 0 Å². The Bertz CT molecular complexity index is 1340. The highest BCUT2D eigenvalue weighted by atomic mass is 16.2. The van der Waals surface area contributed by atoms with Gasteiger partial charge in [-0.25, -0.2) is 4.68 Å². The Kier molecular flexibility index (Phi) is 5.45. The number of anilines is 1. The molecule has 1 saturated heterocycles. The molecule has 3 heterocycles. The number of nitriles is 1. The largest absolute Gasteiger partial charge is 0.371 e. The molecule has 8 nitrogen and oxygen atoms in total. The Morgan fingerprint density at radius 3 is 2.61 bits per heavy atom. The number of carbonyl (C=O) groups excluding carboxylic acids is 1. The van der Waals surface area contributed by atoms with Crippen LogP contribution in [0.1, 0.15) is 34.6 Å². The zero-order valence-corrected chi connectivity index (χ0v) is 18.3. The molecule has 5 rings (SSSR count). The van der Waals surface area contributed by atoms with Gasteiger partial charge in [0.25, 0.3) is 5.91 Å². The molecule has 0 bridgehead atoms. The summed E-state index contributed by atoms with van der Waals surface area (Å²) >= 11 is 0. The van der Waals surface area contributed by atoms with Gasteiger partial charge in [-0.3, -0.25) is 9.78 Å². The lowest BCUT2D eigenvalue weighted by atomic mass is 10.0. The van der Waals surface area contributed by atoms with Gasteiger partial charge >= 0.3 is 0 Å². The molecule has 33 heavy (non-hydrogen) atoms. The van der Waals surface area contributed by atoms with Crippen molar-refractivity contribution in [2.75, 3.05) is 18.0 Å². The van der Waals surface area contributed by atoms with Gasteiger partial charge in [0.2, 0.25) is 0 Å². The Labute approximate surface area is 191 Å². The Morgan fingerprint density at radius 2 is 1.85 bits per heavy atom. The van der Waals surface area contributed by atoms with Gasteiger partial charge in [-0.15, -0.1) is 5.10 Å². The summed E-state index contributed by atoms with van der Waals surface area (Å²) < 4.78 is 1.68. The van der Waals surface area contributed by atoms with E-state index in [0.29, 0.717) is 17.0 Å². The molecule has 164 valence electrons. The number of fused-ring (bicyclic) bond motifs is 1. The van der Waals surface area contributed by atoms with Gasteiger partial charge < -0.3 is 10.2 Å². The number of para-hydroxylation sites is 1. The van der Waals surface area contributed by atoms with Crippen molar-refractivity contribution in [2.24, 2.45) is 0 Å². The van der Waals surface area contributed by atoms with E-state index in [-0.39, 0.29) is 11.9 Å². The summed E-state index contributed by atoms with van der Waals surface area (Å²) in [7, 11) is 0. The zero-order chi connectivity index (χ0) is 22.8. The number of nitrogens with one attached hydrogen (secondary N) is 1. The van der Waals surface area contributed by atoms with Crippen molar-refractivity contribution >= 4 is 22.5 Å². The summed E-state index contributed by atoms with van der Waals surface area (Å²) in [5, 5.41) is 21.5. The quantitative estimate of drug-likeness (QED) is 0.525. The van der Waals surface area contributed by atoms with Crippen molar-refractivity contribution in [3.05, 3.63) is 77.7 Å². The highest BCUT2D eigenvalue weighted by Gasteiger charge is 2.24. The number of rotatable bonds is 4. The maximum atomic E-state index is 13.0. The Morgan fingerprint density at radius 1 is 1.09 bits per heavy atom. The fourth-order valence-corrected chi connectivity index (χ4v) is 4.31. The molecule has 0 radical (unpaired) electrons. The van der Waals surface area contributed by atoms with Crippen molar-refractivity contribution in [2.45, 2.75) is 25.8 Å². The first-order valence-corrected chi connectivity index (χ1v) is 11.0. The lowest BCUT2D eigenvalue weighted by Crippen LogP contribution is -2.45. The van der Waals surface area contributed by atoms with Crippen LogP contribution >= 0.6 is 0 Å². The number of hydrogen-bond acceptors (Lipinski definition) is 6. The normalized spacial score (nSPS) is 14.2. The maximum absolute atomic E-state index is 13.0. The van der Waals surface area contributed by atoms with Gasteiger partial charge in [-0.2, -0.15) is 5.26 Å². The molecular weight excluding hydrogens is 414 g/mol. The van der Waals surface area contributed by atoms with Crippen LogP contribution in [0.3, 0.4) is 0 Å². The summed E-state index contributed by atoms with van der Waals surface area (Å²) in [6.45, 7) is 3.53. The Hall–Kier alpha value is -4.25. The van der Waals surface area contributed by atoms with Crippen LogP contribution in [0.15, 0.2) is 60.8 Å². The number of carbonyl (C=O) groups is 1. The van der Waals surface area contributed by atoms with E-state index < -0.39 is 0 Å². The van der Waals surface area contributed by atoms with E-state index in [9.17, 15) is 4.79 Å². The average molecular weight is 438 g/mol. The molecule has 2 aromatic carbocycles. The standard InChI is InChI=1S/C25H23N7O/c1-17-23(29-30-32(17)22-6-2-4-19-5-3-13-27-24(19)22)25(33)28-20-11-14-31(15-12-20)21-9-7-18(16-26)8-10-21/h2-10,13,20H,11-12,14-15H2,1H3,(H,28,33). The van der Waals surface area contributed by atoms with Crippen LogP contribution in [-0.4, -0.2) is 45.0 Å². The van der Waals surface area contributed by atoms with Crippen molar-refractivity contribution in [1.29, 1.82) is 5.26 Å². The van der Waals surface area contributed by atoms with Crippen LogP contribution in [0.4, 0.5) is 5.69 Å². The van der Waals surface area contributed by atoms with E-state index in [1.54, 1.807) is 10.9 Å². The maximum Gasteiger partial charge on any atom is 0.273 e. The van der Waals surface area contributed by atoms with E-state index in [1.165, 1.54) is 0 Å². The monoisotopic (exact) mass is 437 g/mol. The second-order valence-corrected chi connectivity index (χ2v) is 8.18. The second kappa shape index (κ2) is 8.71. The second-order valence-electron chi connectivity index (χ2n) is 8.18. The topological polar surface area (TPSA) is 99.7 Å². The number of aromatic nitrogens is 4. The third kappa shape index (κ3) is 4.01. The van der Waals surface area contributed by atoms with Gasteiger partial charge in [0, 0.05) is 36.4 Å². The third-order valence-electron chi connectivity index (χ3n) is 6.14. The van der Waals surface area contributed by atoms with Gasteiger partial charge in [-0.05, 0) is 56.2 Å². The van der Waals surface area contributed by atoms with Gasteiger partial charge in [0.15, 0.2) is 5.69 Å². The summed E-state index contributed by atoms with van der Waals surface area (Å²) in [6.07, 6.45) is 3.42. The molecule has 4 aromatic rings. The lowest BCUT2D eigenvalue weighted by Gasteiger charge is -2.33. The molecule has 0 spiro atoms. The van der Waals surface area contributed by atoms with Crippen LogP contribution in [-0.2, 0) is 0 Å². The summed E-state index contributed by atoms with van der Waals surface area (Å²) in [5.41, 5.74) is 4.38. The minimum absolute atomic E-state index is 0.0795. The molecule has 1 amide bonds. The first-order chi connectivity index (χ1) is 16.1. The lowest BCUT2D eigenvalue weighted by molar-refractivity contribution is 0.0925. The molecule has 0 unspecified atom stereocenters. The van der Waals surface area contributed by atoms with E-state index in [4.69, 9.17) is 5.26 Å². The zero-order valence-electron chi connectivity index (χ0n) is 18.3.